The first-order valence-electron chi connectivity index (χ1n) is 14.1. The van der Waals surface area contributed by atoms with E-state index in [1.54, 1.807) is 54.7 Å². The van der Waals surface area contributed by atoms with Gasteiger partial charge in [-0.1, -0.05) is 24.3 Å². The third-order valence-corrected chi connectivity index (χ3v) is 7.51. The van der Waals surface area contributed by atoms with Crippen LogP contribution >= 0.6 is 0 Å². The van der Waals surface area contributed by atoms with E-state index in [1.165, 1.54) is 7.11 Å². The summed E-state index contributed by atoms with van der Waals surface area (Å²) in [5.74, 6) is 0.801. The Balaban J connectivity index is 1.22. The molecule has 45 heavy (non-hydrogen) atoms. The lowest BCUT2D eigenvalue weighted by Gasteiger charge is -2.19. The summed E-state index contributed by atoms with van der Waals surface area (Å²) < 4.78 is 4.89. The van der Waals surface area contributed by atoms with Gasteiger partial charge in [0.15, 0.2) is 17.0 Å². The maximum Gasteiger partial charge on any atom is 0.328 e. The van der Waals surface area contributed by atoms with E-state index >= 15 is 0 Å². The number of methoxy groups -OCH3 is 1. The number of carbonyl (C=O) groups excluding carboxylic acids is 4. The van der Waals surface area contributed by atoms with E-state index in [0.29, 0.717) is 46.4 Å². The number of terminal acetylenes is 1. The summed E-state index contributed by atoms with van der Waals surface area (Å²) >= 11 is 0. The molecule has 13 nitrogen and oxygen atoms in total. The topological polar surface area (TPSA) is 196 Å². The summed E-state index contributed by atoms with van der Waals surface area (Å²) in [6.45, 7) is 0.0935. The Hall–Kier alpha value is -5.90. The van der Waals surface area contributed by atoms with Crippen molar-refractivity contribution in [2.45, 2.75) is 37.6 Å². The molecule has 5 rings (SSSR count). The number of carbonyl (C=O) groups is 4. The first-order valence-corrected chi connectivity index (χ1v) is 14.1. The second-order valence-electron chi connectivity index (χ2n) is 10.4. The fourth-order valence-electron chi connectivity index (χ4n) is 5.22. The average Bonchev–Trinajstić information content (AvgIpc) is 3.28. The first-order chi connectivity index (χ1) is 21.7. The highest BCUT2D eigenvalue weighted by molar-refractivity contribution is 6.21. The highest BCUT2D eigenvalue weighted by atomic mass is 16.5. The van der Waals surface area contributed by atoms with Crippen LogP contribution in [-0.4, -0.2) is 68.2 Å². The monoisotopic (exact) mass is 606 g/mol. The van der Waals surface area contributed by atoms with Crippen molar-refractivity contribution >= 4 is 46.6 Å². The van der Waals surface area contributed by atoms with Crippen LogP contribution in [0.3, 0.4) is 0 Å². The van der Waals surface area contributed by atoms with Crippen LogP contribution in [0.15, 0.2) is 54.7 Å². The summed E-state index contributed by atoms with van der Waals surface area (Å²) in [6.07, 6.45) is 8.52. The van der Waals surface area contributed by atoms with Crippen molar-refractivity contribution < 1.29 is 23.9 Å². The van der Waals surface area contributed by atoms with Gasteiger partial charge in [-0.2, -0.15) is 9.97 Å². The Bertz CT molecular complexity index is 1800. The number of benzene rings is 2. The zero-order chi connectivity index (χ0) is 32.1. The third-order valence-electron chi connectivity index (χ3n) is 7.51. The Morgan fingerprint density at radius 3 is 2.36 bits per heavy atom. The number of imide groups is 1. The molecule has 0 bridgehead atoms. The number of hydrogen-bond donors (Lipinski definition) is 3. The van der Waals surface area contributed by atoms with Gasteiger partial charge in [0, 0.05) is 24.4 Å². The third kappa shape index (κ3) is 6.54. The predicted octanol–water partition coefficient (Wildman–Crippen LogP) is 2.28. The number of nitrogen functional groups attached to an aromatic ring is 2. The molecule has 0 radical (unpaired) electrons. The molecule has 2 aromatic heterocycles. The molecule has 1 aliphatic rings. The SMILES string of the molecule is C#CCC(Cc1cnc2nc(N)nc(N)c2n1)c1ccc(C(=O)NC(CCCN2C(=O)c3ccccc3C2=O)C(=O)OC)cc1. The molecule has 3 amide bonds. The van der Waals surface area contributed by atoms with Gasteiger partial charge in [0.05, 0.1) is 30.1 Å². The van der Waals surface area contributed by atoms with Gasteiger partial charge in [-0.05, 0) is 49.1 Å². The fraction of sp³-hybridized carbons (Fsp3) is 0.250. The van der Waals surface area contributed by atoms with Crippen molar-refractivity contribution in [3.63, 3.8) is 0 Å². The number of nitrogens with one attached hydrogen (secondary N) is 1. The Morgan fingerprint density at radius 1 is 1.02 bits per heavy atom. The maximum atomic E-state index is 13.1. The number of esters is 1. The zero-order valence-corrected chi connectivity index (χ0v) is 24.4. The molecule has 0 spiro atoms. The molecule has 2 atom stereocenters. The average molecular weight is 607 g/mol. The lowest BCUT2D eigenvalue weighted by molar-refractivity contribution is -0.143. The summed E-state index contributed by atoms with van der Waals surface area (Å²) in [6, 6.07) is 12.5. The van der Waals surface area contributed by atoms with Crippen LogP contribution in [0.2, 0.25) is 0 Å². The van der Waals surface area contributed by atoms with Crippen LogP contribution in [0.5, 0.6) is 0 Å². The van der Waals surface area contributed by atoms with E-state index in [0.717, 1.165) is 10.5 Å². The molecule has 13 heteroatoms. The summed E-state index contributed by atoms with van der Waals surface area (Å²) in [7, 11) is 1.22. The van der Waals surface area contributed by atoms with E-state index in [-0.39, 0.29) is 48.9 Å². The lowest BCUT2D eigenvalue weighted by atomic mass is 9.91. The van der Waals surface area contributed by atoms with Crippen LogP contribution in [0.4, 0.5) is 11.8 Å². The zero-order valence-electron chi connectivity index (χ0n) is 24.4. The highest BCUT2D eigenvalue weighted by Gasteiger charge is 2.35. The van der Waals surface area contributed by atoms with E-state index in [4.69, 9.17) is 22.6 Å². The number of amides is 3. The molecule has 0 fully saturated rings. The van der Waals surface area contributed by atoms with Gasteiger partial charge < -0.3 is 21.5 Å². The van der Waals surface area contributed by atoms with Crippen molar-refractivity contribution in [3.05, 3.63) is 82.7 Å². The van der Waals surface area contributed by atoms with E-state index in [2.05, 4.69) is 31.2 Å². The molecule has 0 aliphatic carbocycles. The lowest BCUT2D eigenvalue weighted by Crippen LogP contribution is -2.42. The number of nitrogens with zero attached hydrogens (tertiary/aromatic N) is 5. The van der Waals surface area contributed by atoms with Crippen LogP contribution in [0.1, 0.15) is 67.5 Å². The summed E-state index contributed by atoms with van der Waals surface area (Å²) in [5.41, 5.74) is 14.8. The second-order valence-corrected chi connectivity index (χ2v) is 10.4. The first kappa shape index (κ1) is 30.6. The van der Waals surface area contributed by atoms with Crippen molar-refractivity contribution in [3.8, 4) is 12.3 Å². The number of anilines is 2. The minimum Gasteiger partial charge on any atom is -0.467 e. The summed E-state index contributed by atoms with van der Waals surface area (Å²) in [5, 5.41) is 2.70. The van der Waals surface area contributed by atoms with Gasteiger partial charge >= 0.3 is 5.97 Å². The number of ether oxygens (including phenoxy) is 1. The Morgan fingerprint density at radius 2 is 1.71 bits per heavy atom. The number of fused-ring (bicyclic) bond motifs is 2. The molecule has 0 saturated carbocycles. The number of hydrogen-bond acceptors (Lipinski definition) is 11. The molecule has 1 aliphatic heterocycles. The largest absolute Gasteiger partial charge is 0.467 e. The molecule has 3 heterocycles. The van der Waals surface area contributed by atoms with Gasteiger partial charge in [-0.3, -0.25) is 19.3 Å². The molecule has 4 aromatic rings. The molecule has 5 N–H and O–H groups in total. The minimum atomic E-state index is -0.982. The molecule has 0 saturated heterocycles. The van der Waals surface area contributed by atoms with Gasteiger partial charge in [0.2, 0.25) is 5.95 Å². The van der Waals surface area contributed by atoms with Crippen molar-refractivity contribution in [2.24, 2.45) is 0 Å². The maximum absolute atomic E-state index is 13.1. The van der Waals surface area contributed by atoms with E-state index in [1.807, 2.05) is 0 Å². The van der Waals surface area contributed by atoms with Crippen molar-refractivity contribution in [1.82, 2.24) is 30.2 Å². The Labute approximate surface area is 258 Å². The Kier molecular flexibility index (Phi) is 8.94. The van der Waals surface area contributed by atoms with Crippen LogP contribution < -0.4 is 16.8 Å². The number of aromatic nitrogens is 4. The van der Waals surface area contributed by atoms with Crippen LogP contribution in [0.25, 0.3) is 11.2 Å². The highest BCUT2D eigenvalue weighted by Crippen LogP contribution is 2.26. The van der Waals surface area contributed by atoms with E-state index < -0.39 is 17.9 Å². The standard InChI is InChI=1S/C32H30N8O5/c1-3-7-20(16-21-17-35-27-25(36-21)26(33)38-32(34)39-27)18-11-13-19(14-12-18)28(41)37-24(31(44)45-2)10-6-15-40-29(42)22-8-4-5-9-23(22)30(40)43/h1,4-5,8-9,11-14,17,20,24H,6-7,10,15-16H2,2H3,(H,37,41)(H4,33,34,35,38,39). The van der Waals surface area contributed by atoms with Gasteiger partial charge in [-0.25, -0.2) is 14.8 Å². The van der Waals surface area contributed by atoms with E-state index in [9.17, 15) is 19.2 Å². The normalized spacial score (nSPS) is 13.6. The predicted molar refractivity (Wildman–Crippen MR) is 165 cm³/mol. The number of nitrogens with two attached hydrogens (primary N) is 2. The quantitative estimate of drug-likeness (QED) is 0.129. The van der Waals surface area contributed by atoms with Gasteiger partial charge in [0.1, 0.15) is 6.04 Å². The van der Waals surface area contributed by atoms with Crippen LogP contribution in [0, 0.1) is 12.3 Å². The molecular weight excluding hydrogens is 576 g/mol. The van der Waals surface area contributed by atoms with Crippen LogP contribution in [-0.2, 0) is 16.0 Å². The molecule has 2 aromatic carbocycles. The van der Waals surface area contributed by atoms with Crippen molar-refractivity contribution in [2.75, 3.05) is 25.1 Å². The fourth-order valence-corrected chi connectivity index (χ4v) is 5.22. The van der Waals surface area contributed by atoms with Gasteiger partial charge in [0.25, 0.3) is 17.7 Å². The minimum absolute atomic E-state index is 0.00989. The van der Waals surface area contributed by atoms with Crippen molar-refractivity contribution in [1.29, 1.82) is 0 Å². The molecule has 228 valence electrons. The molecular formula is C32H30N8O5. The summed E-state index contributed by atoms with van der Waals surface area (Å²) in [4.78, 5) is 68.9. The van der Waals surface area contributed by atoms with Gasteiger partial charge in [-0.15, -0.1) is 12.3 Å². The molecule has 2 unspecified atom stereocenters. The smallest absolute Gasteiger partial charge is 0.328 e. The number of rotatable bonds is 11. The second kappa shape index (κ2) is 13.2.